The predicted molar refractivity (Wildman–Crippen MR) is 173 cm³/mol. The van der Waals surface area contributed by atoms with E-state index in [-0.39, 0.29) is 24.2 Å². The SMILES string of the molecule is CN(C)c1ccc(C2CCC(CN(C(=O)C3CCC(CC(=O)O)CC3)c3cccc(-c4cnc(C5CC5)s4)c3)CC2)cn1. The molecule has 3 aliphatic rings. The lowest BCUT2D eigenvalue weighted by Gasteiger charge is -2.36. The minimum Gasteiger partial charge on any atom is -0.481 e. The van der Waals surface area contributed by atoms with Gasteiger partial charge in [0, 0.05) is 57.0 Å². The number of nitrogens with zero attached hydrogens (tertiary/aromatic N) is 4. The van der Waals surface area contributed by atoms with Gasteiger partial charge in [0.1, 0.15) is 5.82 Å². The number of pyridine rings is 1. The summed E-state index contributed by atoms with van der Waals surface area (Å²) in [5.41, 5.74) is 3.42. The topological polar surface area (TPSA) is 86.6 Å². The number of aromatic nitrogens is 2. The normalized spacial score (nSPS) is 24.0. The number of carboxylic acid groups (broad SMARTS) is 1. The number of hydrogen-bond acceptors (Lipinski definition) is 6. The van der Waals surface area contributed by atoms with Gasteiger partial charge in [-0.05, 0) is 111 Å². The lowest BCUT2D eigenvalue weighted by Crippen LogP contribution is -2.41. The van der Waals surface area contributed by atoms with Crippen molar-refractivity contribution in [2.75, 3.05) is 30.4 Å². The summed E-state index contributed by atoms with van der Waals surface area (Å²) in [7, 11) is 4.03. The number of carboxylic acids is 1. The molecule has 43 heavy (non-hydrogen) atoms. The summed E-state index contributed by atoms with van der Waals surface area (Å²) >= 11 is 1.78. The lowest BCUT2D eigenvalue weighted by molar-refractivity contribution is -0.138. The molecule has 0 unspecified atom stereocenters. The van der Waals surface area contributed by atoms with Crippen LogP contribution in [0.3, 0.4) is 0 Å². The highest BCUT2D eigenvalue weighted by Gasteiger charge is 2.33. The first-order valence-electron chi connectivity index (χ1n) is 16.1. The van der Waals surface area contributed by atoms with Gasteiger partial charge in [-0.25, -0.2) is 9.97 Å². The molecule has 7 nitrogen and oxygen atoms in total. The first-order chi connectivity index (χ1) is 20.8. The largest absolute Gasteiger partial charge is 0.481 e. The van der Waals surface area contributed by atoms with E-state index in [4.69, 9.17) is 4.98 Å². The summed E-state index contributed by atoms with van der Waals surface area (Å²) in [5.74, 6) is 2.19. The zero-order valence-electron chi connectivity index (χ0n) is 25.5. The van der Waals surface area contributed by atoms with Crippen LogP contribution in [0.25, 0.3) is 10.4 Å². The van der Waals surface area contributed by atoms with Gasteiger partial charge in [0.15, 0.2) is 0 Å². The molecule has 1 N–H and O–H groups in total. The van der Waals surface area contributed by atoms with Crippen LogP contribution in [0.4, 0.5) is 11.5 Å². The highest BCUT2D eigenvalue weighted by atomic mass is 32.1. The first-order valence-corrected chi connectivity index (χ1v) is 16.9. The van der Waals surface area contributed by atoms with Gasteiger partial charge in [-0.3, -0.25) is 9.59 Å². The van der Waals surface area contributed by atoms with Crippen molar-refractivity contribution in [2.24, 2.45) is 17.8 Å². The fraction of sp³-hybridized carbons (Fsp3) is 0.543. The van der Waals surface area contributed by atoms with Gasteiger partial charge >= 0.3 is 5.97 Å². The Morgan fingerprint density at radius 1 is 0.860 bits per heavy atom. The molecule has 3 saturated carbocycles. The van der Waals surface area contributed by atoms with Crippen LogP contribution in [0.2, 0.25) is 0 Å². The Morgan fingerprint density at radius 3 is 2.23 bits per heavy atom. The third kappa shape index (κ3) is 7.28. The van der Waals surface area contributed by atoms with E-state index in [1.807, 2.05) is 31.4 Å². The fourth-order valence-corrected chi connectivity index (χ4v) is 8.09. The zero-order chi connectivity index (χ0) is 29.9. The molecule has 6 rings (SSSR count). The maximum Gasteiger partial charge on any atom is 0.303 e. The van der Waals surface area contributed by atoms with Crippen LogP contribution in [0.5, 0.6) is 0 Å². The summed E-state index contributed by atoms with van der Waals surface area (Å²) in [6, 6.07) is 12.8. The first kappa shape index (κ1) is 29.8. The van der Waals surface area contributed by atoms with Crippen molar-refractivity contribution in [2.45, 2.75) is 82.5 Å². The Hall–Kier alpha value is -3.26. The number of anilines is 2. The van der Waals surface area contributed by atoms with E-state index in [1.54, 1.807) is 11.3 Å². The van der Waals surface area contributed by atoms with Crippen molar-refractivity contribution in [1.82, 2.24) is 9.97 Å². The number of thiazole rings is 1. The van der Waals surface area contributed by atoms with Crippen molar-refractivity contribution in [3.8, 4) is 10.4 Å². The molecule has 3 aliphatic carbocycles. The number of hydrogen-bond donors (Lipinski definition) is 1. The quantitative estimate of drug-likeness (QED) is 0.256. The number of carbonyl (C=O) groups is 2. The highest BCUT2D eigenvalue weighted by molar-refractivity contribution is 7.15. The average molecular weight is 601 g/mol. The molecule has 0 radical (unpaired) electrons. The van der Waals surface area contributed by atoms with E-state index < -0.39 is 5.97 Å². The molecule has 3 fully saturated rings. The lowest BCUT2D eigenvalue weighted by atomic mass is 9.78. The third-order valence-corrected chi connectivity index (χ3v) is 11.0. The molecule has 8 heteroatoms. The molecule has 2 aromatic heterocycles. The maximum atomic E-state index is 14.2. The average Bonchev–Trinajstić information content (AvgIpc) is 3.76. The van der Waals surface area contributed by atoms with Gasteiger partial charge in [-0.15, -0.1) is 11.3 Å². The molecule has 0 aliphatic heterocycles. The van der Waals surface area contributed by atoms with E-state index in [0.717, 1.165) is 75.0 Å². The maximum absolute atomic E-state index is 14.2. The second-order valence-electron chi connectivity index (χ2n) is 13.2. The molecule has 1 amide bonds. The van der Waals surface area contributed by atoms with E-state index in [9.17, 15) is 14.7 Å². The molecule has 0 bridgehead atoms. The Balaban J connectivity index is 1.17. The van der Waals surface area contributed by atoms with Gasteiger partial charge in [-0.1, -0.05) is 18.2 Å². The van der Waals surface area contributed by atoms with Crippen LogP contribution >= 0.6 is 11.3 Å². The summed E-state index contributed by atoms with van der Waals surface area (Å²) in [4.78, 5) is 40.1. The standard InChI is InChI=1S/C35H44N4O3S/c1-38(2)32-17-16-29(20-36-32)25-10-8-24(9-11-25)22-39(35(42)27-12-6-23(7-13-27)18-33(40)41)30-5-3-4-28(19-30)31-21-37-34(43-31)26-14-15-26/h3-5,16-17,19-21,23-27H,6-15,18,22H2,1-2H3,(H,40,41). The summed E-state index contributed by atoms with van der Waals surface area (Å²) < 4.78 is 0. The molecular formula is C35H44N4O3S. The van der Waals surface area contributed by atoms with Crippen LogP contribution in [-0.2, 0) is 9.59 Å². The molecule has 2 heterocycles. The smallest absolute Gasteiger partial charge is 0.303 e. The van der Waals surface area contributed by atoms with Gasteiger partial charge in [0.2, 0.25) is 5.91 Å². The number of aliphatic carboxylic acids is 1. The zero-order valence-corrected chi connectivity index (χ0v) is 26.3. The van der Waals surface area contributed by atoms with Crippen molar-refractivity contribution in [1.29, 1.82) is 0 Å². The minimum absolute atomic E-state index is 0.0452. The van der Waals surface area contributed by atoms with Crippen LogP contribution in [0.15, 0.2) is 48.8 Å². The number of amides is 1. The van der Waals surface area contributed by atoms with Gasteiger partial charge < -0.3 is 14.9 Å². The fourth-order valence-electron chi connectivity index (χ4n) is 7.01. The monoisotopic (exact) mass is 600 g/mol. The molecule has 3 aromatic rings. The Morgan fingerprint density at radius 2 is 1.58 bits per heavy atom. The number of carbonyl (C=O) groups excluding carboxylic acids is 1. The minimum atomic E-state index is -0.735. The highest BCUT2D eigenvalue weighted by Crippen LogP contribution is 2.44. The van der Waals surface area contributed by atoms with Crippen LogP contribution in [-0.4, -0.2) is 47.6 Å². The van der Waals surface area contributed by atoms with Gasteiger partial charge in [0.25, 0.3) is 0 Å². The number of benzene rings is 1. The predicted octanol–water partition coefficient (Wildman–Crippen LogP) is 7.74. The van der Waals surface area contributed by atoms with Crippen LogP contribution < -0.4 is 9.80 Å². The van der Waals surface area contributed by atoms with Gasteiger partial charge in [0.05, 0.1) is 9.88 Å². The van der Waals surface area contributed by atoms with Crippen molar-refractivity contribution < 1.29 is 14.7 Å². The number of rotatable bonds is 10. The van der Waals surface area contributed by atoms with E-state index in [2.05, 4.69) is 46.3 Å². The van der Waals surface area contributed by atoms with Crippen molar-refractivity contribution >= 4 is 34.7 Å². The van der Waals surface area contributed by atoms with Crippen LogP contribution in [0, 0.1) is 17.8 Å². The van der Waals surface area contributed by atoms with Gasteiger partial charge in [-0.2, -0.15) is 0 Å². The Bertz CT molecular complexity index is 1400. The summed E-state index contributed by atoms with van der Waals surface area (Å²) in [5, 5.41) is 10.5. The molecule has 1 aromatic carbocycles. The molecule has 0 atom stereocenters. The van der Waals surface area contributed by atoms with E-state index in [1.165, 1.54) is 28.3 Å². The van der Waals surface area contributed by atoms with Crippen molar-refractivity contribution in [3.63, 3.8) is 0 Å². The third-order valence-electron chi connectivity index (χ3n) is 9.81. The Labute approximate surface area is 259 Å². The molecule has 0 saturated heterocycles. The Kier molecular flexibility index (Phi) is 9.12. The van der Waals surface area contributed by atoms with Crippen molar-refractivity contribution in [3.05, 3.63) is 59.4 Å². The van der Waals surface area contributed by atoms with E-state index in [0.29, 0.717) is 17.8 Å². The van der Waals surface area contributed by atoms with Crippen LogP contribution in [0.1, 0.15) is 93.0 Å². The molecule has 0 spiro atoms. The summed E-state index contributed by atoms with van der Waals surface area (Å²) in [6.07, 6.45) is 14.3. The molecule has 228 valence electrons. The molecular weight excluding hydrogens is 556 g/mol. The second kappa shape index (κ2) is 13.2. The summed E-state index contributed by atoms with van der Waals surface area (Å²) in [6.45, 7) is 0.734. The van der Waals surface area contributed by atoms with E-state index >= 15 is 0 Å². The second-order valence-corrected chi connectivity index (χ2v) is 14.3.